The van der Waals surface area contributed by atoms with E-state index in [1.165, 1.54) is 0 Å². The third-order valence-electron chi connectivity index (χ3n) is 4.33. The third kappa shape index (κ3) is 2.71. The van der Waals surface area contributed by atoms with Gasteiger partial charge in [-0.2, -0.15) is 0 Å². The molecule has 0 aliphatic carbocycles. The van der Waals surface area contributed by atoms with Crippen molar-refractivity contribution >= 4 is 35.2 Å². The molecule has 8 bridgehead atoms. The van der Waals surface area contributed by atoms with Crippen LogP contribution in [0, 0.1) is 0 Å². The van der Waals surface area contributed by atoms with Gasteiger partial charge in [-0.15, -0.1) is 0 Å². The molecule has 0 saturated heterocycles. The molecule has 2 aromatic heterocycles. The molecule has 0 unspecified atom stereocenters. The van der Waals surface area contributed by atoms with Gasteiger partial charge in [0.2, 0.25) is 0 Å². The van der Waals surface area contributed by atoms with Crippen LogP contribution >= 0.6 is 0 Å². The zero-order valence-corrected chi connectivity index (χ0v) is 16.1. The summed E-state index contributed by atoms with van der Waals surface area (Å²) in [7, 11) is 7.60. The van der Waals surface area contributed by atoms with Gasteiger partial charge in [0.25, 0.3) is 0 Å². The Morgan fingerprint density at radius 1 is 0.704 bits per heavy atom. The summed E-state index contributed by atoms with van der Waals surface area (Å²) in [5, 5.41) is 9.19. The molecule has 3 aliphatic rings. The molecule has 0 fully saturated rings. The van der Waals surface area contributed by atoms with Crippen molar-refractivity contribution in [2.75, 3.05) is 14.1 Å². The zero-order chi connectivity index (χ0) is 18.0. The van der Waals surface area contributed by atoms with Gasteiger partial charge in [0, 0.05) is 49.8 Å². The molecule has 0 spiro atoms. The summed E-state index contributed by atoms with van der Waals surface area (Å²) in [5.74, 6) is 2.23. The number of hydrogen-bond acceptors (Lipinski definition) is 6. The van der Waals surface area contributed by atoms with Crippen molar-refractivity contribution in [3.63, 3.8) is 0 Å². The molecule has 0 radical (unpaired) electrons. The smallest absolute Gasteiger partial charge is 0.406 e. The maximum absolute atomic E-state index is 4.60. The van der Waals surface area contributed by atoms with Gasteiger partial charge in [-0.25, -0.2) is 9.97 Å². The van der Waals surface area contributed by atoms with Gasteiger partial charge in [-0.3, -0.25) is 0 Å². The minimum absolute atomic E-state index is 0. The Kier molecular flexibility index (Phi) is 3.85. The number of aryl methyl sites for hydroxylation is 2. The first kappa shape index (κ1) is 17.4. The largest absolute Gasteiger partial charge is 2.00 e. The van der Waals surface area contributed by atoms with E-state index in [1.54, 1.807) is 0 Å². The number of rotatable bonds is 0. The number of fused-ring (bicyclic) bond motifs is 10. The fraction of sp³-hybridized carbons (Fsp3) is 0.250. The monoisotopic (exact) mass is 406 g/mol. The van der Waals surface area contributed by atoms with Crippen molar-refractivity contribution < 1.29 is 16.5 Å². The van der Waals surface area contributed by atoms with Gasteiger partial charge < -0.3 is 39.6 Å². The Bertz CT molecular complexity index is 969. The summed E-state index contributed by atoms with van der Waals surface area (Å²) in [5.41, 5.74) is 2.93. The van der Waals surface area contributed by atoms with Crippen LogP contribution < -0.4 is 0 Å². The molecule has 27 heavy (non-hydrogen) atoms. The Morgan fingerprint density at radius 3 is 1.52 bits per heavy atom. The number of hydrogen-bond donors (Lipinski definition) is 0. The molecule has 5 rings (SSSR count). The topological polar surface area (TPSA) is 95.0 Å². The number of guanidine groups is 2. The van der Waals surface area contributed by atoms with Crippen LogP contribution in [-0.4, -0.2) is 54.9 Å². The normalized spacial score (nSPS) is 17.2. The average molecular weight is 407 g/mol. The standard InChI is InChI=1S/C16H16N10.Ni/c1-23-5-9-10-6-25(3)15(18-10)22-16-20-12(8-26(16)4)11-7-24(2)14(19-11)21-13(23)17-9;/h5-8H,1-4H3;/q-2;+2. The van der Waals surface area contributed by atoms with Crippen molar-refractivity contribution in [3.05, 3.63) is 46.8 Å². The molecule has 0 N–H and O–H groups in total. The van der Waals surface area contributed by atoms with E-state index < -0.39 is 0 Å². The van der Waals surface area contributed by atoms with Crippen LogP contribution in [-0.2, 0) is 30.6 Å². The fourth-order valence-electron chi connectivity index (χ4n) is 2.91. The molecular formula is C16H16N10Ni. The summed E-state index contributed by atoms with van der Waals surface area (Å²) >= 11 is 0. The van der Waals surface area contributed by atoms with Crippen LogP contribution in [0.2, 0.25) is 0 Å². The van der Waals surface area contributed by atoms with Gasteiger partial charge in [0.1, 0.15) is 0 Å². The predicted octanol–water partition coefficient (Wildman–Crippen LogP) is 2.07. The number of aromatic nitrogens is 4. The second-order valence-electron chi connectivity index (χ2n) is 6.37. The summed E-state index contributed by atoms with van der Waals surface area (Å²) in [6.45, 7) is 0. The van der Waals surface area contributed by atoms with Gasteiger partial charge >= 0.3 is 16.5 Å². The van der Waals surface area contributed by atoms with Crippen molar-refractivity contribution in [1.82, 2.24) is 28.9 Å². The van der Waals surface area contributed by atoms with E-state index in [2.05, 4.69) is 30.6 Å². The second kappa shape index (κ2) is 5.99. The fourth-order valence-corrected chi connectivity index (χ4v) is 2.91. The number of aliphatic imine (C=N–C) groups is 2. The Hall–Kier alpha value is -3.07. The maximum Gasteiger partial charge on any atom is 2.00 e. The van der Waals surface area contributed by atoms with E-state index in [4.69, 9.17) is 0 Å². The minimum Gasteiger partial charge on any atom is -0.406 e. The molecule has 0 amide bonds. The molecule has 0 aromatic carbocycles. The molecule has 0 saturated carbocycles. The summed E-state index contributed by atoms with van der Waals surface area (Å²) < 4.78 is 3.71. The molecule has 140 valence electrons. The quantitative estimate of drug-likeness (QED) is 0.625. The summed E-state index contributed by atoms with van der Waals surface area (Å²) in [4.78, 5) is 22.1. The molecule has 5 heterocycles. The van der Waals surface area contributed by atoms with Crippen LogP contribution in [0.4, 0.5) is 11.9 Å². The number of nitrogens with zero attached hydrogens (tertiary/aromatic N) is 10. The maximum atomic E-state index is 4.60. The van der Waals surface area contributed by atoms with E-state index in [-0.39, 0.29) is 16.5 Å². The Balaban J connectivity index is 0.00000180. The molecular weight excluding hydrogens is 391 g/mol. The summed E-state index contributed by atoms with van der Waals surface area (Å²) in [6, 6.07) is 0. The van der Waals surface area contributed by atoms with Crippen LogP contribution in [0.15, 0.2) is 34.8 Å². The molecule has 0 atom stereocenters. The van der Waals surface area contributed by atoms with Gasteiger partial charge in [-0.05, 0) is 26.5 Å². The van der Waals surface area contributed by atoms with Gasteiger partial charge in [0.05, 0.1) is 11.4 Å². The average Bonchev–Trinajstić information content (AvgIpc) is 3.32. The van der Waals surface area contributed by atoms with E-state index >= 15 is 0 Å². The predicted molar refractivity (Wildman–Crippen MR) is 98.8 cm³/mol. The molecule has 3 aliphatic heterocycles. The minimum atomic E-state index is 0. The van der Waals surface area contributed by atoms with Crippen LogP contribution in [0.1, 0.15) is 11.4 Å². The van der Waals surface area contributed by atoms with E-state index in [1.807, 2.05) is 71.9 Å². The molecule has 11 heteroatoms. The van der Waals surface area contributed by atoms with E-state index in [0.717, 1.165) is 22.8 Å². The molecule has 2 aromatic rings. The van der Waals surface area contributed by atoms with Gasteiger partial charge in [-0.1, -0.05) is 0 Å². The van der Waals surface area contributed by atoms with Gasteiger partial charge in [0.15, 0.2) is 11.9 Å². The van der Waals surface area contributed by atoms with Crippen molar-refractivity contribution in [3.8, 4) is 0 Å². The number of imidazole rings is 2. The Labute approximate surface area is 165 Å². The van der Waals surface area contributed by atoms with Crippen LogP contribution in [0.25, 0.3) is 22.0 Å². The third-order valence-corrected chi connectivity index (χ3v) is 4.33. The molecule has 10 nitrogen and oxygen atoms in total. The first-order valence-corrected chi connectivity index (χ1v) is 8.05. The van der Waals surface area contributed by atoms with Crippen molar-refractivity contribution in [1.29, 1.82) is 0 Å². The van der Waals surface area contributed by atoms with Crippen LogP contribution in [0.5, 0.6) is 0 Å². The Morgan fingerprint density at radius 2 is 1.11 bits per heavy atom. The van der Waals surface area contributed by atoms with E-state index in [9.17, 15) is 0 Å². The van der Waals surface area contributed by atoms with Crippen molar-refractivity contribution in [2.45, 2.75) is 0 Å². The first-order valence-electron chi connectivity index (χ1n) is 8.05. The van der Waals surface area contributed by atoms with Crippen LogP contribution in [0.3, 0.4) is 0 Å². The first-order chi connectivity index (χ1) is 12.5. The van der Waals surface area contributed by atoms with Crippen molar-refractivity contribution in [2.24, 2.45) is 24.1 Å². The van der Waals surface area contributed by atoms with E-state index in [0.29, 0.717) is 23.8 Å². The SMILES string of the molecule is CN1C=C2[N-]C1=Nc1nc(cn1C)C1=CN(C)C(=Nc3nc2cn3C)[N-]1.[Ni+2]. The zero-order valence-electron chi connectivity index (χ0n) is 15.1. The second-order valence-corrected chi connectivity index (χ2v) is 6.37. The summed E-state index contributed by atoms with van der Waals surface area (Å²) in [6.07, 6.45) is 7.58.